The largest absolute Gasteiger partial charge is 0.314 e. The van der Waals surface area contributed by atoms with Gasteiger partial charge in [0, 0.05) is 10.5 Å². The highest BCUT2D eigenvalue weighted by Gasteiger charge is 2.35. The first kappa shape index (κ1) is 14.0. The molecule has 0 heterocycles. The highest BCUT2D eigenvalue weighted by atomic mass is 79.9. The van der Waals surface area contributed by atoms with E-state index in [-0.39, 0.29) is 5.25 Å². The summed E-state index contributed by atoms with van der Waals surface area (Å²) >= 11 is 3.33. The lowest BCUT2D eigenvalue weighted by atomic mass is 10.2. The summed E-state index contributed by atoms with van der Waals surface area (Å²) in [6, 6.07) is 7.41. The van der Waals surface area contributed by atoms with Gasteiger partial charge in [-0.1, -0.05) is 19.1 Å². The number of hydrogen-bond acceptors (Lipinski definition) is 3. The second-order valence-electron chi connectivity index (χ2n) is 4.67. The first-order chi connectivity index (χ1) is 8.55. The van der Waals surface area contributed by atoms with E-state index in [2.05, 4.69) is 28.2 Å². The van der Waals surface area contributed by atoms with Gasteiger partial charge in [0.2, 0.25) is 0 Å². The third-order valence-electron chi connectivity index (χ3n) is 3.46. The van der Waals surface area contributed by atoms with Crippen LogP contribution in [0.5, 0.6) is 0 Å². The van der Waals surface area contributed by atoms with Crippen LogP contribution in [0.25, 0.3) is 0 Å². The van der Waals surface area contributed by atoms with E-state index in [1.54, 1.807) is 18.2 Å². The van der Waals surface area contributed by atoms with E-state index in [1.165, 1.54) is 0 Å². The van der Waals surface area contributed by atoms with Crippen LogP contribution in [0.1, 0.15) is 26.2 Å². The molecule has 2 rings (SSSR count). The highest BCUT2D eigenvalue weighted by molar-refractivity contribution is 9.10. The summed E-state index contributed by atoms with van der Waals surface area (Å²) in [6.45, 7) is 2.95. The fourth-order valence-electron chi connectivity index (χ4n) is 2.55. The van der Waals surface area contributed by atoms with Crippen molar-refractivity contribution < 1.29 is 8.42 Å². The quantitative estimate of drug-likeness (QED) is 0.922. The molecule has 2 atom stereocenters. The maximum atomic E-state index is 12.5. The minimum atomic E-state index is -3.21. The third-order valence-corrected chi connectivity index (χ3v) is 6.69. The Hall–Kier alpha value is -0.390. The fraction of sp³-hybridized carbons (Fsp3) is 0.538. The molecule has 0 spiro atoms. The maximum absolute atomic E-state index is 12.5. The zero-order valence-electron chi connectivity index (χ0n) is 10.4. The predicted molar refractivity (Wildman–Crippen MR) is 76.4 cm³/mol. The van der Waals surface area contributed by atoms with Gasteiger partial charge in [-0.2, -0.15) is 0 Å². The molecule has 100 valence electrons. The summed E-state index contributed by atoms with van der Waals surface area (Å²) in [4.78, 5) is 0.423. The number of rotatable bonds is 4. The van der Waals surface area contributed by atoms with E-state index < -0.39 is 9.84 Å². The summed E-state index contributed by atoms with van der Waals surface area (Å²) in [7, 11) is -3.21. The van der Waals surface area contributed by atoms with Gasteiger partial charge < -0.3 is 5.32 Å². The van der Waals surface area contributed by atoms with E-state index in [4.69, 9.17) is 0 Å². The van der Waals surface area contributed by atoms with Crippen LogP contribution >= 0.6 is 15.9 Å². The molecule has 0 amide bonds. The van der Waals surface area contributed by atoms with E-state index in [1.807, 2.05) is 6.07 Å². The molecule has 0 aliphatic heterocycles. The number of benzene rings is 1. The van der Waals surface area contributed by atoms with E-state index in [0.29, 0.717) is 15.4 Å². The number of nitrogens with one attached hydrogen (secondary N) is 1. The van der Waals surface area contributed by atoms with Crippen LogP contribution in [-0.2, 0) is 9.84 Å². The Morgan fingerprint density at radius 2 is 2.06 bits per heavy atom. The Bertz CT molecular complexity index is 515. The molecule has 1 fully saturated rings. The second-order valence-corrected chi connectivity index (χ2v) is 7.72. The van der Waals surface area contributed by atoms with E-state index >= 15 is 0 Å². The monoisotopic (exact) mass is 331 g/mol. The van der Waals surface area contributed by atoms with Crippen LogP contribution < -0.4 is 5.32 Å². The lowest BCUT2D eigenvalue weighted by molar-refractivity contribution is 0.537. The molecule has 3 nitrogen and oxygen atoms in total. The van der Waals surface area contributed by atoms with Crippen LogP contribution in [0.4, 0.5) is 0 Å². The van der Waals surface area contributed by atoms with Crippen molar-refractivity contribution in [1.29, 1.82) is 0 Å². The molecule has 0 saturated heterocycles. The topological polar surface area (TPSA) is 46.2 Å². The molecule has 2 unspecified atom stereocenters. The van der Waals surface area contributed by atoms with Crippen molar-refractivity contribution in [2.45, 2.75) is 42.4 Å². The number of hydrogen-bond donors (Lipinski definition) is 1. The number of halogens is 1. The van der Waals surface area contributed by atoms with Crippen molar-refractivity contribution >= 4 is 25.8 Å². The zero-order valence-corrected chi connectivity index (χ0v) is 12.8. The average molecular weight is 332 g/mol. The zero-order chi connectivity index (χ0) is 13.2. The molecule has 1 saturated carbocycles. The van der Waals surface area contributed by atoms with Crippen molar-refractivity contribution in [3.8, 4) is 0 Å². The summed E-state index contributed by atoms with van der Waals surface area (Å²) in [5.41, 5.74) is 0. The number of sulfone groups is 1. The SMILES string of the molecule is CCNC1CCC(S(=O)(=O)c2ccccc2Br)C1. The molecule has 1 N–H and O–H groups in total. The van der Waals surface area contributed by atoms with Crippen LogP contribution in [0, 0.1) is 0 Å². The predicted octanol–water partition coefficient (Wildman–Crippen LogP) is 2.75. The van der Waals surface area contributed by atoms with Crippen LogP contribution in [-0.4, -0.2) is 26.3 Å². The van der Waals surface area contributed by atoms with Crippen molar-refractivity contribution in [3.63, 3.8) is 0 Å². The Balaban J connectivity index is 2.21. The molecule has 5 heteroatoms. The summed E-state index contributed by atoms with van der Waals surface area (Å²) in [5.74, 6) is 0. The van der Waals surface area contributed by atoms with Gasteiger partial charge >= 0.3 is 0 Å². The van der Waals surface area contributed by atoms with Gasteiger partial charge in [-0.15, -0.1) is 0 Å². The second kappa shape index (κ2) is 5.72. The molecule has 1 aliphatic rings. The van der Waals surface area contributed by atoms with Gasteiger partial charge in [-0.05, 0) is 53.9 Å². The fourth-order valence-corrected chi connectivity index (χ4v) is 5.41. The Labute approximate surface area is 117 Å². The van der Waals surface area contributed by atoms with Crippen LogP contribution in [0.2, 0.25) is 0 Å². The van der Waals surface area contributed by atoms with Crippen molar-refractivity contribution in [2.24, 2.45) is 0 Å². The normalized spacial score (nSPS) is 24.3. The molecule has 0 bridgehead atoms. The Kier molecular flexibility index (Phi) is 4.45. The Morgan fingerprint density at radius 1 is 1.33 bits per heavy atom. The van der Waals surface area contributed by atoms with Crippen LogP contribution in [0.15, 0.2) is 33.6 Å². The van der Waals surface area contributed by atoms with Crippen LogP contribution in [0.3, 0.4) is 0 Å². The van der Waals surface area contributed by atoms with Gasteiger partial charge in [0.15, 0.2) is 9.84 Å². The molecule has 0 radical (unpaired) electrons. The third kappa shape index (κ3) is 2.78. The average Bonchev–Trinajstić information content (AvgIpc) is 2.79. The molecule has 18 heavy (non-hydrogen) atoms. The molecular weight excluding hydrogens is 314 g/mol. The smallest absolute Gasteiger partial charge is 0.182 e. The van der Waals surface area contributed by atoms with E-state index in [0.717, 1.165) is 25.8 Å². The Morgan fingerprint density at radius 3 is 2.72 bits per heavy atom. The molecule has 1 aromatic carbocycles. The van der Waals surface area contributed by atoms with Gasteiger partial charge in [0.25, 0.3) is 0 Å². The molecule has 1 aromatic rings. The van der Waals surface area contributed by atoms with Gasteiger partial charge in [0.1, 0.15) is 0 Å². The van der Waals surface area contributed by atoms with Crippen molar-refractivity contribution in [2.75, 3.05) is 6.54 Å². The van der Waals surface area contributed by atoms with Gasteiger partial charge in [-0.25, -0.2) is 8.42 Å². The lowest BCUT2D eigenvalue weighted by Gasteiger charge is -2.14. The van der Waals surface area contributed by atoms with Gasteiger partial charge in [0.05, 0.1) is 10.1 Å². The first-order valence-corrected chi connectivity index (χ1v) is 8.61. The van der Waals surface area contributed by atoms with E-state index in [9.17, 15) is 8.42 Å². The highest BCUT2D eigenvalue weighted by Crippen LogP contribution is 2.33. The molecule has 0 aromatic heterocycles. The summed E-state index contributed by atoms with van der Waals surface area (Å²) in [5, 5.41) is 3.09. The van der Waals surface area contributed by atoms with Crippen molar-refractivity contribution in [1.82, 2.24) is 5.32 Å². The summed E-state index contributed by atoms with van der Waals surface area (Å²) < 4.78 is 25.8. The standard InChI is InChI=1S/C13H18BrNO2S/c1-2-15-10-7-8-11(9-10)18(16,17)13-6-4-3-5-12(13)14/h3-6,10-11,15H,2,7-9H2,1H3. The molecular formula is C13H18BrNO2S. The minimum absolute atomic E-state index is 0.250. The minimum Gasteiger partial charge on any atom is -0.314 e. The first-order valence-electron chi connectivity index (χ1n) is 6.27. The lowest BCUT2D eigenvalue weighted by Crippen LogP contribution is -2.28. The molecule has 1 aliphatic carbocycles. The van der Waals surface area contributed by atoms with Gasteiger partial charge in [-0.3, -0.25) is 0 Å². The maximum Gasteiger partial charge on any atom is 0.182 e. The summed E-state index contributed by atoms with van der Waals surface area (Å²) in [6.07, 6.45) is 2.42. The van der Waals surface area contributed by atoms with Crippen molar-refractivity contribution in [3.05, 3.63) is 28.7 Å².